The summed E-state index contributed by atoms with van der Waals surface area (Å²) in [5, 5.41) is 11.7. The zero-order valence-corrected chi connectivity index (χ0v) is 27.6. The number of H-pyrrole nitrogens is 1. The molecule has 0 aliphatic heterocycles. The number of carbonyl (C=O) groups is 2. The van der Waals surface area contributed by atoms with Crippen molar-refractivity contribution in [3.63, 3.8) is 0 Å². The molecular formula is C38H50N6O2. The Hall–Kier alpha value is -4.27. The van der Waals surface area contributed by atoms with Crippen LogP contribution in [-0.4, -0.2) is 52.4 Å². The van der Waals surface area contributed by atoms with E-state index in [-0.39, 0.29) is 17.9 Å². The third kappa shape index (κ3) is 10.7. The molecule has 8 nitrogen and oxygen atoms in total. The van der Waals surface area contributed by atoms with Crippen LogP contribution in [0.5, 0.6) is 0 Å². The molecule has 0 fully saturated rings. The summed E-state index contributed by atoms with van der Waals surface area (Å²) in [6.07, 6.45) is 12.9. The Morgan fingerprint density at radius 1 is 0.891 bits per heavy atom. The van der Waals surface area contributed by atoms with Gasteiger partial charge in [-0.15, -0.1) is 0 Å². The molecule has 0 saturated carbocycles. The van der Waals surface area contributed by atoms with Crippen LogP contribution in [0.4, 0.5) is 0 Å². The van der Waals surface area contributed by atoms with Gasteiger partial charge in [0.05, 0.1) is 12.6 Å². The molecule has 1 heterocycles. The van der Waals surface area contributed by atoms with Crippen LogP contribution in [-0.2, 0) is 17.9 Å². The normalized spacial score (nSPS) is 12.9. The molecule has 2 amide bonds. The summed E-state index contributed by atoms with van der Waals surface area (Å²) in [6, 6.07) is 20.7. The minimum absolute atomic E-state index is 0.238. The van der Waals surface area contributed by atoms with E-state index in [9.17, 15) is 9.59 Å². The van der Waals surface area contributed by atoms with E-state index < -0.39 is 6.04 Å². The predicted octanol–water partition coefficient (Wildman–Crippen LogP) is 6.68. The molecule has 3 aromatic carbocycles. The van der Waals surface area contributed by atoms with Gasteiger partial charge in [0, 0.05) is 31.0 Å². The lowest BCUT2D eigenvalue weighted by Crippen LogP contribution is -2.46. The number of unbranched alkanes of at least 4 members (excludes halogenated alkanes) is 2. The van der Waals surface area contributed by atoms with Crippen LogP contribution in [0.2, 0.25) is 0 Å². The summed E-state index contributed by atoms with van der Waals surface area (Å²) in [5.74, 6) is 0.348. The first kappa shape index (κ1) is 34.6. The number of amides is 2. The van der Waals surface area contributed by atoms with Gasteiger partial charge in [-0.25, -0.2) is 4.98 Å². The molecule has 0 aliphatic rings. The van der Waals surface area contributed by atoms with E-state index in [0.717, 1.165) is 53.8 Å². The zero-order valence-electron chi connectivity index (χ0n) is 27.6. The van der Waals surface area contributed by atoms with Crippen LogP contribution < -0.4 is 16.0 Å². The topological polar surface area (TPSA) is 102 Å². The van der Waals surface area contributed by atoms with Gasteiger partial charge in [-0.3, -0.25) is 9.59 Å². The number of nitrogens with one attached hydrogen (secondary N) is 4. The molecule has 0 bridgehead atoms. The minimum atomic E-state index is -0.806. The van der Waals surface area contributed by atoms with Crippen LogP contribution in [0.1, 0.15) is 86.2 Å². The Labute approximate surface area is 274 Å². The van der Waals surface area contributed by atoms with Crippen LogP contribution in [0, 0.1) is 0 Å². The van der Waals surface area contributed by atoms with Crippen LogP contribution in [0.15, 0.2) is 91.3 Å². The fraction of sp³-hybridized carbons (Fsp3) is 0.395. The fourth-order valence-corrected chi connectivity index (χ4v) is 5.52. The number of hydrogen-bond donors (Lipinski definition) is 4. The van der Waals surface area contributed by atoms with Crippen molar-refractivity contribution in [3.05, 3.63) is 114 Å². The van der Waals surface area contributed by atoms with Gasteiger partial charge < -0.3 is 25.8 Å². The van der Waals surface area contributed by atoms with E-state index in [1.807, 2.05) is 55.5 Å². The molecule has 8 heteroatoms. The highest BCUT2D eigenvalue weighted by atomic mass is 16.2. The van der Waals surface area contributed by atoms with E-state index in [1.165, 1.54) is 25.7 Å². The molecule has 1 unspecified atom stereocenters. The van der Waals surface area contributed by atoms with E-state index in [4.69, 9.17) is 0 Å². The number of nitrogens with zero attached hydrogens (tertiary/aromatic N) is 2. The van der Waals surface area contributed by atoms with Crippen LogP contribution in [0.3, 0.4) is 0 Å². The highest BCUT2D eigenvalue weighted by Crippen LogP contribution is 2.24. The molecule has 1 aromatic heterocycles. The van der Waals surface area contributed by atoms with Crippen molar-refractivity contribution in [3.8, 4) is 0 Å². The van der Waals surface area contributed by atoms with Crippen molar-refractivity contribution in [1.82, 2.24) is 30.8 Å². The summed E-state index contributed by atoms with van der Waals surface area (Å²) >= 11 is 0. The number of aromatic amines is 1. The summed E-state index contributed by atoms with van der Waals surface area (Å²) in [4.78, 5) is 36.9. The van der Waals surface area contributed by atoms with Crippen molar-refractivity contribution < 1.29 is 9.59 Å². The molecule has 46 heavy (non-hydrogen) atoms. The molecule has 0 saturated heterocycles. The molecular weight excluding hydrogens is 572 g/mol. The number of fused-ring (bicyclic) bond motifs is 1. The predicted molar refractivity (Wildman–Crippen MR) is 187 cm³/mol. The minimum Gasteiger partial charge on any atom is -0.348 e. The van der Waals surface area contributed by atoms with Crippen LogP contribution in [0.25, 0.3) is 10.8 Å². The van der Waals surface area contributed by atoms with Crippen molar-refractivity contribution >= 4 is 22.6 Å². The van der Waals surface area contributed by atoms with E-state index in [0.29, 0.717) is 18.7 Å². The Kier molecular flexibility index (Phi) is 14.0. The van der Waals surface area contributed by atoms with Crippen molar-refractivity contribution in [1.29, 1.82) is 0 Å². The van der Waals surface area contributed by atoms with Gasteiger partial charge in [-0.1, -0.05) is 93.4 Å². The first-order valence-corrected chi connectivity index (χ1v) is 16.7. The lowest BCUT2D eigenvalue weighted by molar-refractivity contribution is -0.122. The molecule has 4 N–H and O–H groups in total. The van der Waals surface area contributed by atoms with Crippen LogP contribution >= 0.6 is 0 Å². The number of aromatic nitrogens is 2. The fourth-order valence-electron chi connectivity index (χ4n) is 5.52. The largest absolute Gasteiger partial charge is 0.348 e. The molecule has 4 aromatic rings. The number of carbonyl (C=O) groups excluding carboxylic acids is 2. The van der Waals surface area contributed by atoms with Crippen molar-refractivity contribution in [2.45, 2.75) is 78.0 Å². The zero-order chi connectivity index (χ0) is 32.6. The van der Waals surface area contributed by atoms with Gasteiger partial charge in [-0.05, 0) is 73.3 Å². The maximum Gasteiger partial charge on any atom is 0.252 e. The lowest BCUT2D eigenvalue weighted by Gasteiger charge is -2.22. The Morgan fingerprint density at radius 3 is 2.35 bits per heavy atom. The molecule has 0 radical (unpaired) electrons. The lowest BCUT2D eigenvalue weighted by atomic mass is 9.99. The third-order valence-electron chi connectivity index (χ3n) is 8.21. The monoisotopic (exact) mass is 622 g/mol. The van der Waals surface area contributed by atoms with Gasteiger partial charge in [0.25, 0.3) is 5.91 Å². The highest BCUT2D eigenvalue weighted by molar-refractivity contribution is 5.98. The summed E-state index contributed by atoms with van der Waals surface area (Å²) < 4.78 is 0. The third-order valence-corrected chi connectivity index (χ3v) is 8.21. The van der Waals surface area contributed by atoms with Crippen molar-refractivity contribution in [2.75, 3.05) is 19.6 Å². The van der Waals surface area contributed by atoms with Gasteiger partial charge in [0.2, 0.25) is 5.91 Å². The van der Waals surface area contributed by atoms with Gasteiger partial charge >= 0.3 is 0 Å². The number of hydrogen-bond acceptors (Lipinski definition) is 5. The number of rotatable bonds is 19. The molecule has 244 valence electrons. The van der Waals surface area contributed by atoms with Gasteiger partial charge in [-0.2, -0.15) is 0 Å². The summed E-state index contributed by atoms with van der Waals surface area (Å²) in [5.41, 5.74) is 2.60. The number of benzene rings is 3. The molecule has 2 atom stereocenters. The maximum absolute atomic E-state index is 13.7. The average molecular weight is 623 g/mol. The van der Waals surface area contributed by atoms with Crippen molar-refractivity contribution in [2.24, 2.45) is 0 Å². The summed E-state index contributed by atoms with van der Waals surface area (Å²) in [7, 11) is 0. The van der Waals surface area contributed by atoms with E-state index >= 15 is 0 Å². The molecule has 4 rings (SSSR count). The Balaban J connectivity index is 1.42. The second-order valence-corrected chi connectivity index (χ2v) is 11.9. The highest BCUT2D eigenvalue weighted by Gasteiger charge is 2.22. The quantitative estimate of drug-likeness (QED) is 0.0875. The van der Waals surface area contributed by atoms with Gasteiger partial charge in [0.1, 0.15) is 11.9 Å². The average Bonchev–Trinajstić information content (AvgIpc) is 3.60. The molecule has 0 aliphatic carbocycles. The standard InChI is InChI=1S/C38H50N6O2/c1-4-6-24-44(25-7-5-2)26-11-10-17-35(38(46)42-29(3)33-16-12-14-31-13-8-9-15-34(31)33)43-37(45)32-20-18-30(19-21-32)27-39-28-36-40-22-23-41-36/h8-10,12-23,29,35,39H,4-7,11,24-28H2,1-3H3,(H,40,41)(H,42,46)(H,43,45)/b17-10+/t29-,35?/m0/s1. The maximum atomic E-state index is 13.7. The molecule has 0 spiro atoms. The Morgan fingerprint density at radius 2 is 1.63 bits per heavy atom. The van der Waals surface area contributed by atoms with E-state index in [2.05, 4.69) is 62.9 Å². The van der Waals surface area contributed by atoms with Gasteiger partial charge in [0.15, 0.2) is 0 Å². The second kappa shape index (κ2) is 18.6. The first-order chi connectivity index (χ1) is 22.5. The Bertz CT molecular complexity index is 1500. The smallest absolute Gasteiger partial charge is 0.252 e. The SMILES string of the molecule is CCCCN(CC/C=C/C(NC(=O)c1ccc(CNCc2ncc[nH]2)cc1)C(=O)N[C@@H](C)c1cccc2ccccc12)CCCC. The number of imidazole rings is 1. The summed E-state index contributed by atoms with van der Waals surface area (Å²) in [6.45, 7) is 10.8. The first-order valence-electron chi connectivity index (χ1n) is 16.7. The second-order valence-electron chi connectivity index (χ2n) is 11.9. The van der Waals surface area contributed by atoms with E-state index in [1.54, 1.807) is 24.5 Å².